The molecule has 1 aliphatic heterocycles. The van der Waals surface area contributed by atoms with Crippen molar-refractivity contribution in [2.45, 2.75) is 100 Å². The quantitative estimate of drug-likeness (QED) is 0.433. The zero-order valence-corrected chi connectivity index (χ0v) is 22.7. The summed E-state index contributed by atoms with van der Waals surface area (Å²) in [5.41, 5.74) is 9.82. The zero-order chi connectivity index (χ0) is 24.7. The Balaban J connectivity index is 0.000000568. The first-order valence-electron chi connectivity index (χ1n) is 12.6. The van der Waals surface area contributed by atoms with E-state index in [0.717, 1.165) is 19.4 Å². The summed E-state index contributed by atoms with van der Waals surface area (Å²) in [6.07, 6.45) is 17.5. The molecule has 0 aromatic rings. The number of nitrogens with one attached hydrogen (secondary N) is 1. The molecule has 1 nitrogen and oxygen atoms in total. The predicted molar refractivity (Wildman–Crippen MR) is 148 cm³/mol. The van der Waals surface area contributed by atoms with Gasteiger partial charge in [-0.25, -0.2) is 0 Å². The lowest BCUT2D eigenvalue weighted by Crippen LogP contribution is -2.33. The number of hydrogen-bond donors (Lipinski definition) is 1. The smallest absolute Gasteiger partial charge is 0.0326 e. The van der Waals surface area contributed by atoms with E-state index >= 15 is 0 Å². The summed E-state index contributed by atoms with van der Waals surface area (Å²) in [6, 6.07) is 0.525. The van der Waals surface area contributed by atoms with Gasteiger partial charge in [-0.2, -0.15) is 0 Å². The second-order valence-electron chi connectivity index (χ2n) is 9.07. The average Bonchev–Trinajstić information content (AvgIpc) is 2.94. The second-order valence-corrected chi connectivity index (χ2v) is 9.07. The summed E-state index contributed by atoms with van der Waals surface area (Å²) < 4.78 is 0. The fourth-order valence-electron chi connectivity index (χ4n) is 3.77. The summed E-state index contributed by atoms with van der Waals surface area (Å²) >= 11 is 0. The number of hydrogen-bond acceptors (Lipinski definition) is 1. The molecule has 0 saturated heterocycles. The van der Waals surface area contributed by atoms with E-state index in [4.69, 9.17) is 0 Å². The fraction of sp³-hybridized carbons (Fsp3) is 0.548. The molecule has 1 N–H and O–H groups in total. The molecule has 2 unspecified atom stereocenters. The molecule has 0 aromatic carbocycles. The van der Waals surface area contributed by atoms with Crippen LogP contribution in [0.3, 0.4) is 0 Å². The van der Waals surface area contributed by atoms with Crippen LogP contribution in [0.15, 0.2) is 82.5 Å². The molecule has 180 valence electrons. The molecule has 1 heterocycles. The highest BCUT2D eigenvalue weighted by molar-refractivity contribution is 5.46. The number of rotatable bonds is 3. The van der Waals surface area contributed by atoms with Gasteiger partial charge < -0.3 is 5.32 Å². The summed E-state index contributed by atoms with van der Waals surface area (Å²) in [5, 5.41) is 3.66. The molecular weight excluding hydrogens is 386 g/mol. The highest BCUT2D eigenvalue weighted by atomic mass is 14.9. The fourth-order valence-corrected chi connectivity index (χ4v) is 3.77. The Labute approximate surface area is 200 Å². The van der Waals surface area contributed by atoms with Gasteiger partial charge >= 0.3 is 0 Å². The van der Waals surface area contributed by atoms with Crippen LogP contribution in [0, 0.1) is 5.92 Å². The molecule has 2 aliphatic carbocycles. The average molecular weight is 438 g/mol. The van der Waals surface area contributed by atoms with Crippen LogP contribution in [0.5, 0.6) is 0 Å². The molecule has 0 bridgehead atoms. The van der Waals surface area contributed by atoms with Gasteiger partial charge in [0.05, 0.1) is 0 Å². The highest BCUT2D eigenvalue weighted by Gasteiger charge is 2.25. The second kappa shape index (κ2) is 16.7. The predicted octanol–water partition coefficient (Wildman–Crippen LogP) is 9.43. The molecule has 1 heteroatoms. The largest absolute Gasteiger partial charge is 0.306 e. The minimum atomic E-state index is 0.525. The van der Waals surface area contributed by atoms with E-state index in [1.807, 2.05) is 27.7 Å². The monoisotopic (exact) mass is 437 g/mol. The Kier molecular flexibility index (Phi) is 15.8. The van der Waals surface area contributed by atoms with Crippen LogP contribution in [0.1, 0.15) is 94.4 Å². The van der Waals surface area contributed by atoms with Crippen molar-refractivity contribution >= 4 is 0 Å². The summed E-state index contributed by atoms with van der Waals surface area (Å²) in [7, 11) is 0. The Morgan fingerprint density at radius 2 is 1.72 bits per heavy atom. The summed E-state index contributed by atoms with van der Waals surface area (Å²) in [6.45, 7) is 27.8. The highest BCUT2D eigenvalue weighted by Crippen LogP contribution is 2.32. The third-order valence-electron chi connectivity index (χ3n) is 5.84. The van der Waals surface area contributed by atoms with Crippen molar-refractivity contribution in [3.05, 3.63) is 82.5 Å². The van der Waals surface area contributed by atoms with Crippen LogP contribution in [-0.2, 0) is 0 Å². The topological polar surface area (TPSA) is 12.0 Å². The standard InChI is InChI=1S/C17H25N.C8H12.C4H8.C2H6/c1-5-13(4)15-7-8-17-16(10-15)14(6-2)9-12(3)11-18-17;1-7-5-3-4-6-8(7)2;1-4(2)3;1-2/h7,9-10,14,17-18H,4-6,8,11H2,1-3H3;3,5H,4,6H2,1-2H3;1H2,2-3H3;1-2H3. The van der Waals surface area contributed by atoms with E-state index in [0.29, 0.717) is 12.0 Å². The van der Waals surface area contributed by atoms with E-state index in [2.05, 4.69) is 83.5 Å². The van der Waals surface area contributed by atoms with Crippen molar-refractivity contribution in [3.8, 4) is 0 Å². The SMILES string of the molecule is C=C(C)C.C=C(CC)C1=CCC2NCC(C)=CC(CC)C2=C1.CC.CC1=C(C)CCC=C1. The Hall–Kier alpha value is -1.86. The maximum atomic E-state index is 4.18. The third kappa shape index (κ3) is 11.1. The molecular formula is C31H51N. The molecule has 0 spiro atoms. The molecule has 0 aromatic heterocycles. The summed E-state index contributed by atoms with van der Waals surface area (Å²) in [5.74, 6) is 0.596. The van der Waals surface area contributed by atoms with Gasteiger partial charge in [-0.05, 0) is 89.4 Å². The van der Waals surface area contributed by atoms with Crippen LogP contribution in [-0.4, -0.2) is 12.6 Å². The maximum Gasteiger partial charge on any atom is 0.0326 e. The van der Waals surface area contributed by atoms with Crippen molar-refractivity contribution in [1.82, 2.24) is 5.32 Å². The van der Waals surface area contributed by atoms with Gasteiger partial charge in [0, 0.05) is 12.6 Å². The van der Waals surface area contributed by atoms with Crippen LogP contribution >= 0.6 is 0 Å². The van der Waals surface area contributed by atoms with Crippen molar-refractivity contribution in [2.24, 2.45) is 5.92 Å². The number of fused-ring (bicyclic) bond motifs is 1. The van der Waals surface area contributed by atoms with Gasteiger partial charge in [0.25, 0.3) is 0 Å². The normalized spacial score (nSPS) is 21.5. The Morgan fingerprint density at radius 3 is 2.19 bits per heavy atom. The minimum Gasteiger partial charge on any atom is -0.306 e. The molecule has 0 amide bonds. The Morgan fingerprint density at radius 1 is 1.09 bits per heavy atom. The van der Waals surface area contributed by atoms with Crippen LogP contribution in [0.4, 0.5) is 0 Å². The molecule has 32 heavy (non-hydrogen) atoms. The van der Waals surface area contributed by atoms with Crippen molar-refractivity contribution in [1.29, 1.82) is 0 Å². The molecule has 0 fully saturated rings. The lowest BCUT2D eigenvalue weighted by Gasteiger charge is -2.27. The molecule has 2 atom stereocenters. The molecule has 3 rings (SSSR count). The lowest BCUT2D eigenvalue weighted by molar-refractivity contribution is 0.555. The third-order valence-corrected chi connectivity index (χ3v) is 5.84. The van der Waals surface area contributed by atoms with E-state index in [9.17, 15) is 0 Å². The van der Waals surface area contributed by atoms with Gasteiger partial charge in [0.15, 0.2) is 0 Å². The van der Waals surface area contributed by atoms with Crippen molar-refractivity contribution < 1.29 is 0 Å². The molecule has 0 saturated carbocycles. The van der Waals surface area contributed by atoms with Gasteiger partial charge in [-0.3, -0.25) is 0 Å². The van der Waals surface area contributed by atoms with E-state index in [1.165, 1.54) is 47.1 Å². The first-order valence-corrected chi connectivity index (χ1v) is 12.6. The lowest BCUT2D eigenvalue weighted by atomic mass is 9.82. The van der Waals surface area contributed by atoms with Crippen LogP contribution in [0.2, 0.25) is 0 Å². The van der Waals surface area contributed by atoms with Crippen molar-refractivity contribution in [3.63, 3.8) is 0 Å². The molecule has 0 radical (unpaired) electrons. The Bertz CT molecular complexity index is 747. The molecule has 3 aliphatic rings. The van der Waals surface area contributed by atoms with E-state index < -0.39 is 0 Å². The first kappa shape index (κ1) is 30.1. The van der Waals surface area contributed by atoms with Gasteiger partial charge in [0.2, 0.25) is 0 Å². The number of allylic oxidation sites excluding steroid dienone is 9. The van der Waals surface area contributed by atoms with Crippen LogP contribution in [0.25, 0.3) is 0 Å². The van der Waals surface area contributed by atoms with E-state index in [1.54, 1.807) is 11.1 Å². The van der Waals surface area contributed by atoms with Crippen LogP contribution < -0.4 is 5.32 Å². The maximum absolute atomic E-state index is 4.18. The van der Waals surface area contributed by atoms with Gasteiger partial charge in [-0.15, -0.1) is 6.58 Å². The summed E-state index contributed by atoms with van der Waals surface area (Å²) in [4.78, 5) is 0. The first-order chi connectivity index (χ1) is 15.2. The zero-order valence-electron chi connectivity index (χ0n) is 22.7. The van der Waals surface area contributed by atoms with E-state index in [-0.39, 0.29) is 0 Å². The van der Waals surface area contributed by atoms with Crippen molar-refractivity contribution in [2.75, 3.05) is 6.54 Å². The minimum absolute atomic E-state index is 0.525. The van der Waals surface area contributed by atoms with Gasteiger partial charge in [-0.1, -0.05) is 86.9 Å². The van der Waals surface area contributed by atoms with Gasteiger partial charge in [0.1, 0.15) is 0 Å².